The summed E-state index contributed by atoms with van der Waals surface area (Å²) in [6.45, 7) is 4.51. The van der Waals surface area contributed by atoms with Crippen molar-refractivity contribution in [3.05, 3.63) is 71.8 Å². The van der Waals surface area contributed by atoms with Crippen LogP contribution in [0, 0.1) is 0 Å². The highest BCUT2D eigenvalue weighted by molar-refractivity contribution is 8.22. The van der Waals surface area contributed by atoms with E-state index in [4.69, 9.17) is 35.9 Å². The molecule has 0 spiro atoms. The fourth-order valence-corrected chi connectivity index (χ4v) is 4.73. The molecule has 8 heteroatoms. The van der Waals surface area contributed by atoms with Gasteiger partial charge in [0.1, 0.15) is 18.3 Å². The van der Waals surface area contributed by atoms with Crippen LogP contribution in [0.3, 0.4) is 0 Å². The van der Waals surface area contributed by atoms with E-state index in [9.17, 15) is 5.11 Å². The van der Waals surface area contributed by atoms with Gasteiger partial charge in [0.25, 0.3) is 0 Å². The molecule has 1 heterocycles. The van der Waals surface area contributed by atoms with Crippen molar-refractivity contribution in [1.29, 1.82) is 0 Å². The first-order valence-corrected chi connectivity index (χ1v) is 12.4. The third-order valence-corrected chi connectivity index (χ3v) is 6.40. The number of hydrogen-bond donors (Lipinski definition) is 1. The molecule has 2 aromatic rings. The number of hydrogen-bond acceptors (Lipinski definition) is 8. The van der Waals surface area contributed by atoms with Crippen LogP contribution in [0.2, 0.25) is 0 Å². The van der Waals surface area contributed by atoms with E-state index >= 15 is 0 Å². The van der Waals surface area contributed by atoms with Crippen molar-refractivity contribution >= 4 is 28.4 Å². The second kappa shape index (κ2) is 13.4. The monoisotopic (exact) mass is 492 g/mol. The first kappa shape index (κ1) is 26.1. The van der Waals surface area contributed by atoms with Crippen LogP contribution in [0.25, 0.3) is 0 Å². The molecule has 0 unspecified atom stereocenters. The van der Waals surface area contributed by atoms with Crippen molar-refractivity contribution in [2.24, 2.45) is 0 Å². The average molecular weight is 493 g/mol. The SMILES string of the molecule is CO[C@@H]1O[C@H](CSC(=S)OC(C)C)[C@H](O)[C@H](OCc2ccccc2)[C@H]1OCc1ccccc1. The third kappa shape index (κ3) is 8.03. The van der Waals surface area contributed by atoms with Crippen molar-refractivity contribution in [3.63, 3.8) is 0 Å². The van der Waals surface area contributed by atoms with Gasteiger partial charge in [0, 0.05) is 12.9 Å². The molecule has 3 rings (SSSR count). The first-order chi connectivity index (χ1) is 16.0. The summed E-state index contributed by atoms with van der Waals surface area (Å²) in [6, 6.07) is 19.7. The number of benzene rings is 2. The standard InChI is InChI=1S/C25H32O6S2/c1-17(2)30-25(32)33-16-20-21(26)22(28-14-18-10-6-4-7-11-18)23(24(27-3)31-20)29-15-19-12-8-5-9-13-19/h4-13,17,20-24,26H,14-16H2,1-3H3/t20-,21+,22+,23-,24-/m1/s1. The largest absolute Gasteiger partial charge is 0.476 e. The van der Waals surface area contributed by atoms with Gasteiger partial charge < -0.3 is 28.8 Å². The first-order valence-electron chi connectivity index (χ1n) is 11.0. The van der Waals surface area contributed by atoms with Gasteiger partial charge in [-0.1, -0.05) is 72.4 Å². The van der Waals surface area contributed by atoms with Gasteiger partial charge in [-0.25, -0.2) is 0 Å². The van der Waals surface area contributed by atoms with Gasteiger partial charge in [0.15, 0.2) is 6.29 Å². The molecule has 6 nitrogen and oxygen atoms in total. The van der Waals surface area contributed by atoms with Crippen molar-refractivity contribution in [3.8, 4) is 0 Å². The maximum absolute atomic E-state index is 11.2. The molecule has 5 atom stereocenters. The maximum Gasteiger partial charge on any atom is 0.220 e. The highest BCUT2D eigenvalue weighted by Crippen LogP contribution is 2.30. The van der Waals surface area contributed by atoms with Crippen LogP contribution in [-0.2, 0) is 36.9 Å². The molecule has 33 heavy (non-hydrogen) atoms. The summed E-state index contributed by atoms with van der Waals surface area (Å²) in [5.74, 6) is 0.406. The molecule has 0 radical (unpaired) electrons. The summed E-state index contributed by atoms with van der Waals surface area (Å²) in [4.78, 5) is 0. The van der Waals surface area contributed by atoms with E-state index in [0.29, 0.717) is 23.3 Å². The van der Waals surface area contributed by atoms with E-state index in [1.165, 1.54) is 11.8 Å². The Balaban J connectivity index is 1.72. The van der Waals surface area contributed by atoms with E-state index in [1.807, 2.05) is 74.5 Å². The molecule has 0 bridgehead atoms. The molecule has 0 amide bonds. The van der Waals surface area contributed by atoms with Crippen LogP contribution in [0.4, 0.5) is 0 Å². The van der Waals surface area contributed by atoms with Gasteiger partial charge in [0.2, 0.25) is 4.38 Å². The molecule has 2 aromatic carbocycles. The predicted molar refractivity (Wildman–Crippen MR) is 133 cm³/mol. The van der Waals surface area contributed by atoms with Crippen molar-refractivity contribution < 1.29 is 28.8 Å². The Hall–Kier alpha value is -1.52. The molecule has 1 fully saturated rings. The number of aliphatic hydroxyl groups is 1. The van der Waals surface area contributed by atoms with Crippen LogP contribution in [0.15, 0.2) is 60.7 Å². The summed E-state index contributed by atoms with van der Waals surface area (Å²) in [5, 5.41) is 11.2. The van der Waals surface area contributed by atoms with E-state index < -0.39 is 30.7 Å². The van der Waals surface area contributed by atoms with Crippen molar-refractivity contribution in [1.82, 2.24) is 0 Å². The van der Waals surface area contributed by atoms with Crippen LogP contribution in [-0.4, -0.2) is 59.2 Å². The minimum absolute atomic E-state index is 0.00774. The minimum atomic E-state index is -0.935. The summed E-state index contributed by atoms with van der Waals surface area (Å²) in [6.07, 6.45) is -3.48. The lowest BCUT2D eigenvalue weighted by Gasteiger charge is -2.43. The third-order valence-electron chi connectivity index (χ3n) is 5.12. The fraction of sp³-hybridized carbons (Fsp3) is 0.480. The molecule has 1 aliphatic rings. The Morgan fingerprint density at radius 3 is 2.03 bits per heavy atom. The smallest absolute Gasteiger partial charge is 0.220 e. The second-order valence-electron chi connectivity index (χ2n) is 8.02. The second-order valence-corrected chi connectivity index (χ2v) is 9.64. The lowest BCUT2D eigenvalue weighted by Crippen LogP contribution is -2.60. The molecule has 0 aliphatic carbocycles. The van der Waals surface area contributed by atoms with E-state index in [2.05, 4.69) is 0 Å². The highest BCUT2D eigenvalue weighted by Gasteiger charge is 2.47. The number of methoxy groups -OCH3 is 1. The van der Waals surface area contributed by atoms with E-state index in [-0.39, 0.29) is 6.10 Å². The summed E-state index contributed by atoms with van der Waals surface area (Å²) in [7, 11) is 1.56. The molecule has 1 N–H and O–H groups in total. The predicted octanol–water partition coefficient (Wildman–Crippen LogP) is 4.33. The number of aliphatic hydroxyl groups excluding tert-OH is 1. The van der Waals surface area contributed by atoms with Gasteiger partial charge in [-0.3, -0.25) is 0 Å². The Bertz CT molecular complexity index is 835. The van der Waals surface area contributed by atoms with Gasteiger partial charge in [0.05, 0.1) is 25.4 Å². The molecular weight excluding hydrogens is 460 g/mol. The highest BCUT2D eigenvalue weighted by atomic mass is 32.2. The molecule has 180 valence electrons. The zero-order chi connectivity index (χ0) is 23.6. The summed E-state index contributed by atoms with van der Waals surface area (Å²) < 4.78 is 30.0. The molecular formula is C25H32O6S2. The molecule has 0 saturated carbocycles. The number of rotatable bonds is 10. The zero-order valence-corrected chi connectivity index (χ0v) is 20.8. The lowest BCUT2D eigenvalue weighted by molar-refractivity contribution is -0.306. The fourth-order valence-electron chi connectivity index (χ4n) is 3.50. The normalized spacial score (nSPS) is 25.2. The Kier molecular flexibility index (Phi) is 10.6. The van der Waals surface area contributed by atoms with Gasteiger partial charge in [-0.05, 0) is 37.2 Å². The van der Waals surface area contributed by atoms with Gasteiger partial charge >= 0.3 is 0 Å². The average Bonchev–Trinajstić information content (AvgIpc) is 2.82. The van der Waals surface area contributed by atoms with E-state index in [1.54, 1.807) is 7.11 Å². The van der Waals surface area contributed by atoms with Crippen LogP contribution >= 0.6 is 24.0 Å². The van der Waals surface area contributed by atoms with Gasteiger partial charge in [-0.15, -0.1) is 0 Å². The number of thioether (sulfide) groups is 1. The number of ether oxygens (including phenoxy) is 5. The van der Waals surface area contributed by atoms with Crippen LogP contribution in [0.1, 0.15) is 25.0 Å². The summed E-state index contributed by atoms with van der Waals surface area (Å²) in [5.41, 5.74) is 2.02. The molecule has 0 aromatic heterocycles. The van der Waals surface area contributed by atoms with E-state index in [0.717, 1.165) is 11.1 Å². The maximum atomic E-state index is 11.2. The van der Waals surface area contributed by atoms with Crippen LogP contribution < -0.4 is 0 Å². The minimum Gasteiger partial charge on any atom is -0.476 e. The number of thiocarbonyl (C=S) groups is 1. The summed E-state index contributed by atoms with van der Waals surface area (Å²) >= 11 is 6.60. The van der Waals surface area contributed by atoms with Gasteiger partial charge in [-0.2, -0.15) is 0 Å². The molecule has 1 aliphatic heterocycles. The lowest BCUT2D eigenvalue weighted by atomic mass is 9.99. The molecule has 1 saturated heterocycles. The zero-order valence-electron chi connectivity index (χ0n) is 19.2. The van der Waals surface area contributed by atoms with Crippen molar-refractivity contribution in [2.45, 2.75) is 63.9 Å². The quantitative estimate of drug-likeness (QED) is 0.492. The Labute approximate surface area is 205 Å². The topological polar surface area (TPSA) is 66.4 Å². The Morgan fingerprint density at radius 1 is 0.970 bits per heavy atom. The van der Waals surface area contributed by atoms with Crippen molar-refractivity contribution in [2.75, 3.05) is 12.9 Å². The Morgan fingerprint density at radius 2 is 1.52 bits per heavy atom. The van der Waals surface area contributed by atoms with Crippen LogP contribution in [0.5, 0.6) is 0 Å².